The van der Waals surface area contributed by atoms with Crippen LogP contribution in [0.2, 0.25) is 0 Å². The molecule has 1 N–H and O–H groups in total. The number of hydrogen-bond donors (Lipinski definition) is 1. The van der Waals surface area contributed by atoms with Crippen LogP contribution >= 0.6 is 11.8 Å². The first kappa shape index (κ1) is 25.2. The molecule has 0 spiro atoms. The fraction of sp³-hybridized carbons (Fsp3) is 0.435. The van der Waals surface area contributed by atoms with Gasteiger partial charge in [-0.1, -0.05) is 36.4 Å². The predicted octanol–water partition coefficient (Wildman–Crippen LogP) is 3.06. The number of para-hydroxylation sites is 1. The minimum atomic E-state index is -3.53. The standard InChI is InChI=1S/C23H30N4O4S2/c1-17-8-7-9-18(2)23(17)25-20(28)15-26(3)22(29)16-32-21-11-10-19(14-24-21)33(30,31)27-12-5-4-6-13-27/h7-11,14H,4-6,12-13,15-16H2,1-3H3,(H,25,28). The number of pyridine rings is 1. The molecule has 2 amide bonds. The Morgan fingerprint density at radius 3 is 2.36 bits per heavy atom. The van der Waals surface area contributed by atoms with Crippen molar-refractivity contribution in [1.82, 2.24) is 14.2 Å². The summed E-state index contributed by atoms with van der Waals surface area (Å²) in [5.74, 6) is -0.389. The van der Waals surface area contributed by atoms with Gasteiger partial charge < -0.3 is 10.2 Å². The molecule has 2 heterocycles. The number of amides is 2. The van der Waals surface area contributed by atoms with E-state index in [0.717, 1.165) is 36.1 Å². The number of sulfonamides is 1. The molecule has 8 nitrogen and oxygen atoms in total. The van der Waals surface area contributed by atoms with E-state index >= 15 is 0 Å². The number of rotatable bonds is 8. The zero-order chi connectivity index (χ0) is 24.0. The predicted molar refractivity (Wildman–Crippen MR) is 130 cm³/mol. The quantitative estimate of drug-likeness (QED) is 0.571. The minimum absolute atomic E-state index is 0.0619. The van der Waals surface area contributed by atoms with Crippen molar-refractivity contribution in [3.8, 4) is 0 Å². The maximum atomic E-state index is 12.7. The van der Waals surface area contributed by atoms with Crippen molar-refractivity contribution >= 4 is 39.3 Å². The number of likely N-dealkylation sites (N-methyl/N-ethyl adjacent to an activating group) is 1. The van der Waals surface area contributed by atoms with Crippen LogP contribution in [-0.4, -0.2) is 66.9 Å². The van der Waals surface area contributed by atoms with Gasteiger partial charge in [-0.25, -0.2) is 13.4 Å². The molecular weight excluding hydrogens is 460 g/mol. The van der Waals surface area contributed by atoms with Gasteiger partial charge in [-0.05, 0) is 49.9 Å². The third-order valence-corrected chi connectivity index (χ3v) is 8.37. The van der Waals surface area contributed by atoms with Crippen LogP contribution in [0.3, 0.4) is 0 Å². The smallest absolute Gasteiger partial charge is 0.244 e. The topological polar surface area (TPSA) is 99.7 Å². The lowest BCUT2D eigenvalue weighted by atomic mass is 10.1. The summed E-state index contributed by atoms with van der Waals surface area (Å²) in [6, 6.07) is 8.92. The third kappa shape index (κ3) is 6.55. The molecule has 0 radical (unpaired) electrons. The Labute approximate surface area is 199 Å². The molecule has 1 aromatic carbocycles. The van der Waals surface area contributed by atoms with Crippen LogP contribution in [0.1, 0.15) is 30.4 Å². The molecule has 1 aliphatic heterocycles. The molecule has 1 aromatic heterocycles. The van der Waals surface area contributed by atoms with Crippen LogP contribution in [0.25, 0.3) is 0 Å². The van der Waals surface area contributed by atoms with E-state index in [2.05, 4.69) is 10.3 Å². The Morgan fingerprint density at radius 1 is 1.09 bits per heavy atom. The molecule has 0 bridgehead atoms. The molecule has 0 unspecified atom stereocenters. The van der Waals surface area contributed by atoms with Crippen molar-refractivity contribution in [3.05, 3.63) is 47.7 Å². The maximum Gasteiger partial charge on any atom is 0.244 e. The summed E-state index contributed by atoms with van der Waals surface area (Å²) >= 11 is 1.21. The molecule has 2 aromatic rings. The van der Waals surface area contributed by atoms with Crippen LogP contribution in [0, 0.1) is 13.8 Å². The molecule has 0 atom stereocenters. The summed E-state index contributed by atoms with van der Waals surface area (Å²) in [5, 5.41) is 3.42. The summed E-state index contributed by atoms with van der Waals surface area (Å²) in [7, 11) is -1.95. The number of benzene rings is 1. The van der Waals surface area contributed by atoms with Crippen molar-refractivity contribution in [1.29, 1.82) is 0 Å². The Balaban J connectivity index is 1.51. The molecule has 0 saturated carbocycles. The van der Waals surface area contributed by atoms with Gasteiger partial charge >= 0.3 is 0 Å². The lowest BCUT2D eigenvalue weighted by Gasteiger charge is -2.25. The Bertz CT molecular complexity index is 1080. The highest BCUT2D eigenvalue weighted by atomic mass is 32.2. The first-order valence-electron chi connectivity index (χ1n) is 10.9. The number of anilines is 1. The Kier molecular flexibility index (Phi) is 8.50. The van der Waals surface area contributed by atoms with E-state index in [1.165, 1.54) is 33.2 Å². The van der Waals surface area contributed by atoms with E-state index in [0.29, 0.717) is 18.1 Å². The Morgan fingerprint density at radius 2 is 1.76 bits per heavy atom. The van der Waals surface area contributed by atoms with E-state index in [1.54, 1.807) is 13.1 Å². The van der Waals surface area contributed by atoms with Gasteiger partial charge in [-0.15, -0.1) is 0 Å². The summed E-state index contributed by atoms with van der Waals surface area (Å²) < 4.78 is 26.9. The largest absolute Gasteiger partial charge is 0.336 e. The summed E-state index contributed by atoms with van der Waals surface area (Å²) in [6.45, 7) is 4.86. The van der Waals surface area contributed by atoms with Crippen LogP contribution in [0.4, 0.5) is 5.69 Å². The van der Waals surface area contributed by atoms with Gasteiger partial charge in [0.25, 0.3) is 0 Å². The van der Waals surface area contributed by atoms with Crippen LogP contribution < -0.4 is 5.32 Å². The fourth-order valence-electron chi connectivity index (χ4n) is 3.60. The van der Waals surface area contributed by atoms with E-state index in [9.17, 15) is 18.0 Å². The summed E-state index contributed by atoms with van der Waals surface area (Å²) in [4.78, 5) is 30.6. The van der Waals surface area contributed by atoms with Crippen LogP contribution in [0.5, 0.6) is 0 Å². The molecule has 1 aliphatic rings. The number of aryl methyl sites for hydroxylation is 2. The first-order valence-corrected chi connectivity index (χ1v) is 13.3. The number of piperidine rings is 1. The molecule has 1 fully saturated rings. The fourth-order valence-corrected chi connectivity index (χ4v) is 5.85. The summed E-state index contributed by atoms with van der Waals surface area (Å²) in [5.41, 5.74) is 2.69. The van der Waals surface area contributed by atoms with Crippen LogP contribution in [0.15, 0.2) is 46.5 Å². The highest BCUT2D eigenvalue weighted by Crippen LogP contribution is 2.23. The highest BCUT2D eigenvalue weighted by Gasteiger charge is 2.26. The monoisotopic (exact) mass is 490 g/mol. The molecule has 1 saturated heterocycles. The Hall–Kier alpha value is -2.43. The molecule has 3 rings (SSSR count). The number of hydrogen-bond acceptors (Lipinski definition) is 6. The molecule has 10 heteroatoms. The average Bonchev–Trinajstić information content (AvgIpc) is 2.80. The SMILES string of the molecule is Cc1cccc(C)c1NC(=O)CN(C)C(=O)CSc1ccc(S(=O)(=O)N2CCCCC2)cn1. The normalized spacial score (nSPS) is 14.6. The lowest BCUT2D eigenvalue weighted by molar-refractivity contribution is -0.131. The molecular formula is C23H30N4O4S2. The van der Waals surface area contributed by atoms with E-state index in [1.807, 2.05) is 32.0 Å². The van der Waals surface area contributed by atoms with Gasteiger partial charge in [0.2, 0.25) is 21.8 Å². The molecule has 178 valence electrons. The average molecular weight is 491 g/mol. The van der Waals surface area contributed by atoms with Crippen molar-refractivity contribution in [2.75, 3.05) is 37.8 Å². The second-order valence-electron chi connectivity index (χ2n) is 8.15. The second-order valence-corrected chi connectivity index (χ2v) is 11.1. The number of nitrogens with one attached hydrogen (secondary N) is 1. The van der Waals surface area contributed by atoms with E-state index < -0.39 is 10.0 Å². The zero-order valence-electron chi connectivity index (χ0n) is 19.2. The van der Waals surface area contributed by atoms with Gasteiger partial charge in [0.1, 0.15) is 4.90 Å². The molecule has 0 aliphatic carbocycles. The number of aromatic nitrogens is 1. The zero-order valence-corrected chi connectivity index (χ0v) is 20.8. The second kappa shape index (κ2) is 11.1. The number of thioether (sulfide) groups is 1. The molecule has 33 heavy (non-hydrogen) atoms. The maximum absolute atomic E-state index is 12.7. The van der Waals surface area contributed by atoms with E-state index in [-0.39, 0.29) is 29.0 Å². The van der Waals surface area contributed by atoms with Gasteiger partial charge in [0.05, 0.1) is 17.3 Å². The van der Waals surface area contributed by atoms with Gasteiger partial charge in [0, 0.05) is 32.0 Å². The summed E-state index contributed by atoms with van der Waals surface area (Å²) in [6.07, 6.45) is 4.14. The van der Waals surface area contributed by atoms with Gasteiger partial charge in [-0.2, -0.15) is 4.31 Å². The third-order valence-electron chi connectivity index (χ3n) is 5.56. The highest BCUT2D eigenvalue weighted by molar-refractivity contribution is 7.99. The first-order chi connectivity index (χ1) is 15.7. The lowest BCUT2D eigenvalue weighted by Crippen LogP contribution is -2.36. The van der Waals surface area contributed by atoms with Crippen molar-refractivity contribution in [3.63, 3.8) is 0 Å². The van der Waals surface area contributed by atoms with E-state index in [4.69, 9.17) is 0 Å². The van der Waals surface area contributed by atoms with Gasteiger partial charge in [0.15, 0.2) is 0 Å². The number of nitrogens with zero attached hydrogens (tertiary/aromatic N) is 3. The number of carbonyl (C=O) groups excluding carboxylic acids is 2. The van der Waals surface area contributed by atoms with Crippen molar-refractivity contribution in [2.24, 2.45) is 0 Å². The van der Waals surface area contributed by atoms with Gasteiger partial charge in [-0.3, -0.25) is 9.59 Å². The van der Waals surface area contributed by atoms with Crippen molar-refractivity contribution < 1.29 is 18.0 Å². The number of carbonyl (C=O) groups is 2. The van der Waals surface area contributed by atoms with Crippen LogP contribution in [-0.2, 0) is 19.6 Å². The minimum Gasteiger partial charge on any atom is -0.336 e. The van der Waals surface area contributed by atoms with Crippen molar-refractivity contribution in [2.45, 2.75) is 43.0 Å².